The van der Waals surface area contributed by atoms with Gasteiger partial charge < -0.3 is 5.32 Å². The Hall–Kier alpha value is -1.32. The zero-order valence-corrected chi connectivity index (χ0v) is 11.1. The Morgan fingerprint density at radius 3 is 2.94 bits per heavy atom. The summed E-state index contributed by atoms with van der Waals surface area (Å²) in [6.45, 7) is 0. The molecule has 2 rings (SSSR count). The van der Waals surface area contributed by atoms with Crippen molar-refractivity contribution in [1.29, 1.82) is 0 Å². The number of fused-ring (bicyclic) bond motifs is 1. The molecule has 94 valence electrons. The van der Waals surface area contributed by atoms with Gasteiger partial charge in [0.1, 0.15) is 0 Å². The van der Waals surface area contributed by atoms with Gasteiger partial charge in [-0.1, -0.05) is 11.6 Å². The van der Waals surface area contributed by atoms with Gasteiger partial charge in [-0.05, 0) is 30.7 Å². The van der Waals surface area contributed by atoms with Gasteiger partial charge in [-0.25, -0.2) is 0 Å². The van der Waals surface area contributed by atoms with Crippen LogP contribution in [-0.4, -0.2) is 16.8 Å². The first-order valence-corrected chi connectivity index (χ1v) is 6.52. The third-order valence-electron chi connectivity index (χ3n) is 2.53. The lowest BCUT2D eigenvalue weighted by Gasteiger charge is -2.08. The number of pyridine rings is 1. The monoisotopic (exact) mass is 282 g/mol. The lowest BCUT2D eigenvalue weighted by Crippen LogP contribution is -2.11. The van der Waals surface area contributed by atoms with Crippen molar-refractivity contribution in [3.05, 3.63) is 35.5 Å². The Morgan fingerprint density at radius 1 is 1.33 bits per heavy atom. The quantitative estimate of drug-likeness (QED) is 0.866. The number of rotatable bonds is 4. The van der Waals surface area contributed by atoms with Crippen LogP contribution in [0.25, 0.3) is 10.9 Å². The van der Waals surface area contributed by atoms with Gasteiger partial charge in [0.15, 0.2) is 0 Å². The van der Waals surface area contributed by atoms with Gasteiger partial charge in [-0.2, -0.15) is 0 Å². The van der Waals surface area contributed by atoms with Crippen LogP contribution in [-0.2, 0) is 4.79 Å². The van der Waals surface area contributed by atoms with E-state index >= 15 is 0 Å². The molecular formula is C13H12Cl2N2O. The normalized spacial score (nSPS) is 10.6. The molecule has 1 aromatic heterocycles. The molecule has 1 heterocycles. The number of alkyl halides is 1. The molecule has 3 nitrogen and oxygen atoms in total. The van der Waals surface area contributed by atoms with Crippen LogP contribution in [0.2, 0.25) is 5.02 Å². The first-order valence-electron chi connectivity index (χ1n) is 5.61. The van der Waals surface area contributed by atoms with Crippen LogP contribution in [0.3, 0.4) is 0 Å². The van der Waals surface area contributed by atoms with Crippen molar-refractivity contribution in [2.45, 2.75) is 12.8 Å². The molecule has 1 amide bonds. The molecule has 0 bridgehead atoms. The van der Waals surface area contributed by atoms with Gasteiger partial charge in [0.2, 0.25) is 5.91 Å². The Balaban J connectivity index is 2.29. The van der Waals surface area contributed by atoms with Gasteiger partial charge in [0, 0.05) is 23.9 Å². The molecule has 0 fully saturated rings. The summed E-state index contributed by atoms with van der Waals surface area (Å²) >= 11 is 11.6. The zero-order chi connectivity index (χ0) is 13.0. The van der Waals surface area contributed by atoms with Gasteiger partial charge in [-0.15, -0.1) is 11.6 Å². The zero-order valence-electron chi connectivity index (χ0n) is 9.62. The highest BCUT2D eigenvalue weighted by molar-refractivity contribution is 6.35. The molecule has 5 heteroatoms. The number of aromatic nitrogens is 1. The maximum absolute atomic E-state index is 11.7. The van der Waals surface area contributed by atoms with Crippen molar-refractivity contribution >= 4 is 45.7 Å². The fourth-order valence-corrected chi connectivity index (χ4v) is 2.03. The minimum atomic E-state index is -0.0527. The van der Waals surface area contributed by atoms with Crippen molar-refractivity contribution in [2.75, 3.05) is 11.2 Å². The lowest BCUT2D eigenvalue weighted by molar-refractivity contribution is -0.116. The number of anilines is 1. The first kappa shape index (κ1) is 13.1. The maximum atomic E-state index is 11.7. The smallest absolute Gasteiger partial charge is 0.224 e. The van der Waals surface area contributed by atoms with E-state index in [-0.39, 0.29) is 5.91 Å². The van der Waals surface area contributed by atoms with Crippen LogP contribution in [0.5, 0.6) is 0 Å². The molecule has 1 aromatic carbocycles. The van der Waals surface area contributed by atoms with E-state index in [9.17, 15) is 4.79 Å². The molecule has 18 heavy (non-hydrogen) atoms. The second kappa shape index (κ2) is 6.03. The van der Waals surface area contributed by atoms with Gasteiger partial charge in [0.05, 0.1) is 16.2 Å². The third-order valence-corrected chi connectivity index (χ3v) is 3.10. The number of hydrogen-bond donors (Lipinski definition) is 1. The van der Waals surface area contributed by atoms with Crippen molar-refractivity contribution in [3.8, 4) is 0 Å². The molecule has 2 aromatic rings. The number of carbonyl (C=O) groups is 1. The first-order chi connectivity index (χ1) is 8.72. The molecule has 0 saturated heterocycles. The minimum Gasteiger partial charge on any atom is -0.325 e. The van der Waals surface area contributed by atoms with Crippen LogP contribution in [0, 0.1) is 0 Å². The number of halogens is 2. The molecule has 0 aliphatic carbocycles. The molecule has 0 radical (unpaired) electrons. The summed E-state index contributed by atoms with van der Waals surface area (Å²) in [4.78, 5) is 15.9. The summed E-state index contributed by atoms with van der Waals surface area (Å²) in [5.41, 5.74) is 1.41. The Morgan fingerprint density at radius 2 is 2.17 bits per heavy atom. The van der Waals surface area contributed by atoms with Crippen LogP contribution < -0.4 is 5.32 Å². The average molecular weight is 283 g/mol. The summed E-state index contributed by atoms with van der Waals surface area (Å²) in [5, 5.41) is 4.26. The van der Waals surface area contributed by atoms with Crippen molar-refractivity contribution in [1.82, 2.24) is 4.98 Å². The van der Waals surface area contributed by atoms with Gasteiger partial charge >= 0.3 is 0 Å². The highest BCUT2D eigenvalue weighted by atomic mass is 35.5. The fraction of sp³-hybridized carbons (Fsp3) is 0.231. The van der Waals surface area contributed by atoms with E-state index in [2.05, 4.69) is 10.3 Å². The van der Waals surface area contributed by atoms with Crippen LogP contribution in [0.4, 0.5) is 5.69 Å². The fourth-order valence-electron chi connectivity index (χ4n) is 1.69. The third kappa shape index (κ3) is 2.92. The summed E-state index contributed by atoms with van der Waals surface area (Å²) < 4.78 is 0. The van der Waals surface area contributed by atoms with Gasteiger partial charge in [0.25, 0.3) is 0 Å². The van der Waals surface area contributed by atoms with Crippen LogP contribution >= 0.6 is 23.2 Å². The number of nitrogens with zero attached hydrogens (tertiary/aromatic N) is 1. The summed E-state index contributed by atoms with van der Waals surface area (Å²) in [5.74, 6) is 0.430. The molecule has 0 aliphatic rings. The maximum Gasteiger partial charge on any atom is 0.224 e. The second-order valence-corrected chi connectivity index (χ2v) is 4.62. The predicted molar refractivity (Wildman–Crippen MR) is 75.3 cm³/mol. The average Bonchev–Trinajstić information content (AvgIpc) is 2.40. The van der Waals surface area contributed by atoms with Crippen LogP contribution in [0.15, 0.2) is 30.5 Å². The summed E-state index contributed by atoms with van der Waals surface area (Å²) in [7, 11) is 0. The van der Waals surface area contributed by atoms with E-state index in [1.54, 1.807) is 18.3 Å². The largest absolute Gasteiger partial charge is 0.325 e. The Kier molecular flexibility index (Phi) is 4.39. The lowest BCUT2D eigenvalue weighted by atomic mass is 10.1. The van der Waals surface area contributed by atoms with Gasteiger partial charge in [-0.3, -0.25) is 9.78 Å². The summed E-state index contributed by atoms with van der Waals surface area (Å²) in [6, 6.07) is 7.21. The van der Waals surface area contributed by atoms with E-state index in [0.29, 0.717) is 29.3 Å². The minimum absolute atomic E-state index is 0.0527. The van der Waals surface area contributed by atoms with E-state index in [1.165, 1.54) is 0 Å². The standard InChI is InChI=1S/C13H12Cl2N2O/c14-7-1-4-12(18)17-11-6-5-10(15)13-9(11)3-2-8-16-13/h2-3,5-6,8H,1,4,7H2,(H,17,18). The van der Waals surface area contributed by atoms with E-state index in [1.807, 2.05) is 12.1 Å². The number of benzene rings is 1. The van der Waals surface area contributed by atoms with E-state index < -0.39 is 0 Å². The highest BCUT2D eigenvalue weighted by Gasteiger charge is 2.08. The van der Waals surface area contributed by atoms with Crippen molar-refractivity contribution < 1.29 is 4.79 Å². The molecule has 0 saturated carbocycles. The molecule has 0 unspecified atom stereocenters. The van der Waals surface area contributed by atoms with Crippen molar-refractivity contribution in [3.63, 3.8) is 0 Å². The SMILES string of the molecule is O=C(CCCCl)Nc1ccc(Cl)c2ncccc12. The summed E-state index contributed by atoms with van der Waals surface area (Å²) in [6.07, 6.45) is 2.75. The molecule has 0 atom stereocenters. The Bertz CT molecular complexity index is 572. The number of nitrogens with one attached hydrogen (secondary N) is 1. The number of amides is 1. The predicted octanol–water partition coefficient (Wildman–Crippen LogP) is 3.85. The Labute approximate surface area is 115 Å². The molecule has 0 aliphatic heterocycles. The number of carbonyl (C=O) groups excluding carboxylic acids is 1. The second-order valence-electron chi connectivity index (χ2n) is 3.84. The van der Waals surface area contributed by atoms with Crippen molar-refractivity contribution in [2.24, 2.45) is 0 Å². The highest BCUT2D eigenvalue weighted by Crippen LogP contribution is 2.28. The van der Waals surface area contributed by atoms with Crippen LogP contribution in [0.1, 0.15) is 12.8 Å². The van der Waals surface area contributed by atoms with E-state index in [0.717, 1.165) is 11.1 Å². The topological polar surface area (TPSA) is 42.0 Å². The molecule has 1 N–H and O–H groups in total. The molecule has 0 spiro atoms. The number of hydrogen-bond acceptors (Lipinski definition) is 2. The molecular weight excluding hydrogens is 271 g/mol. The van der Waals surface area contributed by atoms with E-state index in [4.69, 9.17) is 23.2 Å².